The highest BCUT2D eigenvalue weighted by molar-refractivity contribution is 6.31. The molecule has 7 heteroatoms. The third kappa shape index (κ3) is 5.03. The van der Waals surface area contributed by atoms with E-state index in [1.807, 2.05) is 13.1 Å². The molecular weight excluding hydrogens is 338 g/mol. The van der Waals surface area contributed by atoms with E-state index >= 15 is 0 Å². The third-order valence-corrected chi connectivity index (χ3v) is 4.84. The van der Waals surface area contributed by atoms with Crippen LogP contribution in [0.25, 0.3) is 5.69 Å². The summed E-state index contributed by atoms with van der Waals surface area (Å²) in [5, 5.41) is 7.64. The number of anilines is 1. The number of nitrogens with zero attached hydrogens (tertiary/aromatic N) is 4. The Morgan fingerprint density at radius 1 is 1.36 bits per heavy atom. The van der Waals surface area contributed by atoms with Gasteiger partial charge in [-0.05, 0) is 44.0 Å². The van der Waals surface area contributed by atoms with Crippen LogP contribution < -0.4 is 5.32 Å². The van der Waals surface area contributed by atoms with Gasteiger partial charge in [0, 0.05) is 11.6 Å². The summed E-state index contributed by atoms with van der Waals surface area (Å²) in [6.45, 7) is 1.33. The molecule has 25 heavy (non-hydrogen) atoms. The first-order valence-electron chi connectivity index (χ1n) is 8.75. The number of hydrogen-bond acceptors (Lipinski definition) is 4. The van der Waals surface area contributed by atoms with E-state index in [4.69, 9.17) is 11.6 Å². The van der Waals surface area contributed by atoms with Gasteiger partial charge >= 0.3 is 0 Å². The van der Waals surface area contributed by atoms with Gasteiger partial charge in [-0.1, -0.05) is 30.9 Å². The number of nitrogens with one attached hydrogen (secondary N) is 1. The van der Waals surface area contributed by atoms with Crippen molar-refractivity contribution in [2.75, 3.05) is 25.5 Å². The Labute approximate surface area is 153 Å². The van der Waals surface area contributed by atoms with Gasteiger partial charge in [0.25, 0.3) is 0 Å². The lowest BCUT2D eigenvalue weighted by Gasteiger charge is -2.26. The lowest BCUT2D eigenvalue weighted by Crippen LogP contribution is -2.34. The second-order valence-electron chi connectivity index (χ2n) is 6.75. The van der Waals surface area contributed by atoms with Gasteiger partial charge in [0.05, 0.1) is 17.9 Å². The van der Waals surface area contributed by atoms with Crippen LogP contribution in [-0.2, 0) is 4.79 Å². The highest BCUT2D eigenvalue weighted by atomic mass is 35.5. The first kappa shape index (κ1) is 17.9. The summed E-state index contributed by atoms with van der Waals surface area (Å²) in [5.74, 6) is 0.658. The molecule has 0 saturated heterocycles. The normalized spacial score (nSPS) is 15.5. The highest BCUT2D eigenvalue weighted by Gasteiger charge is 2.17. The number of likely N-dealkylation sites (N-methyl/N-ethyl adjacent to an activating group) is 1. The van der Waals surface area contributed by atoms with Gasteiger partial charge in [0.15, 0.2) is 0 Å². The molecule has 1 aromatic heterocycles. The van der Waals surface area contributed by atoms with Crippen molar-refractivity contribution in [3.63, 3.8) is 0 Å². The minimum atomic E-state index is -0.0538. The molecule has 1 saturated carbocycles. The van der Waals surface area contributed by atoms with Crippen LogP contribution in [0.2, 0.25) is 5.02 Å². The smallest absolute Gasteiger partial charge is 0.238 e. The van der Waals surface area contributed by atoms with Crippen LogP contribution in [0.15, 0.2) is 30.9 Å². The zero-order valence-corrected chi connectivity index (χ0v) is 15.2. The predicted molar refractivity (Wildman–Crippen MR) is 99.1 cm³/mol. The Hall–Kier alpha value is -1.92. The molecule has 1 amide bonds. The number of halogens is 1. The standard InChI is InChI=1S/C18H24ClN5O/c1-23(10-14-5-3-2-4-6-14)11-18(25)22-16-9-15(19)7-8-17(16)24-13-20-12-21-24/h7-9,12-14H,2-6,10-11H2,1H3,(H,22,25). The Balaban J connectivity index is 1.61. The summed E-state index contributed by atoms with van der Waals surface area (Å²) >= 11 is 6.09. The maximum atomic E-state index is 12.5. The van der Waals surface area contributed by atoms with Gasteiger partial charge in [-0.3, -0.25) is 9.69 Å². The van der Waals surface area contributed by atoms with E-state index in [0.717, 1.165) is 12.2 Å². The zero-order chi connectivity index (χ0) is 17.6. The molecule has 1 aliphatic carbocycles. The molecule has 0 bridgehead atoms. The van der Waals surface area contributed by atoms with E-state index < -0.39 is 0 Å². The fourth-order valence-corrected chi connectivity index (χ4v) is 3.62. The molecule has 6 nitrogen and oxygen atoms in total. The molecule has 2 aromatic rings. The van der Waals surface area contributed by atoms with Crippen LogP contribution in [0.1, 0.15) is 32.1 Å². The molecule has 0 atom stereocenters. The van der Waals surface area contributed by atoms with Crippen LogP contribution in [-0.4, -0.2) is 45.7 Å². The average molecular weight is 362 g/mol. The molecule has 0 spiro atoms. The largest absolute Gasteiger partial charge is 0.323 e. The second-order valence-corrected chi connectivity index (χ2v) is 7.19. The summed E-state index contributed by atoms with van der Waals surface area (Å²) < 4.78 is 1.61. The fourth-order valence-electron chi connectivity index (χ4n) is 3.45. The van der Waals surface area contributed by atoms with Gasteiger partial charge in [-0.2, -0.15) is 5.10 Å². The summed E-state index contributed by atoms with van der Waals surface area (Å²) in [6, 6.07) is 5.32. The molecule has 0 aliphatic heterocycles. The molecule has 1 N–H and O–H groups in total. The van der Waals surface area contributed by atoms with Crippen molar-refractivity contribution in [3.8, 4) is 5.69 Å². The predicted octanol–water partition coefficient (Wildman–Crippen LogP) is 3.37. The Morgan fingerprint density at radius 3 is 2.88 bits per heavy atom. The molecule has 0 radical (unpaired) electrons. The van der Waals surface area contributed by atoms with Gasteiger partial charge < -0.3 is 5.32 Å². The topological polar surface area (TPSA) is 63.1 Å². The van der Waals surface area contributed by atoms with E-state index in [1.54, 1.807) is 23.1 Å². The van der Waals surface area contributed by atoms with Gasteiger partial charge in [0.2, 0.25) is 5.91 Å². The molecule has 3 rings (SSSR count). The van der Waals surface area contributed by atoms with Crippen molar-refractivity contribution in [2.45, 2.75) is 32.1 Å². The monoisotopic (exact) mass is 361 g/mol. The van der Waals surface area contributed by atoms with Crippen molar-refractivity contribution in [1.29, 1.82) is 0 Å². The van der Waals surface area contributed by atoms with E-state index in [9.17, 15) is 4.79 Å². The molecule has 1 fully saturated rings. The fraction of sp³-hybridized carbons (Fsp3) is 0.500. The number of aromatic nitrogens is 3. The van der Waals surface area contributed by atoms with Crippen LogP contribution in [0.5, 0.6) is 0 Å². The van der Waals surface area contributed by atoms with Gasteiger partial charge in [-0.25, -0.2) is 9.67 Å². The summed E-state index contributed by atoms with van der Waals surface area (Å²) in [4.78, 5) is 18.5. The van der Waals surface area contributed by atoms with E-state index in [2.05, 4.69) is 20.3 Å². The Kier molecular flexibility index (Phi) is 6.04. The van der Waals surface area contributed by atoms with Gasteiger partial charge in [-0.15, -0.1) is 0 Å². The van der Waals surface area contributed by atoms with Crippen LogP contribution in [0, 0.1) is 5.92 Å². The Morgan fingerprint density at radius 2 is 2.16 bits per heavy atom. The molecule has 1 aliphatic rings. The summed E-state index contributed by atoms with van der Waals surface area (Å²) in [7, 11) is 2.00. The van der Waals surface area contributed by atoms with Crippen molar-refractivity contribution in [2.24, 2.45) is 5.92 Å². The first-order chi connectivity index (χ1) is 12.1. The molecule has 134 valence electrons. The maximum absolute atomic E-state index is 12.5. The van der Waals surface area contributed by atoms with Crippen LogP contribution >= 0.6 is 11.6 Å². The number of carbonyl (C=O) groups excluding carboxylic acids is 1. The number of rotatable bonds is 6. The summed E-state index contributed by atoms with van der Waals surface area (Å²) in [6.07, 6.45) is 9.57. The lowest BCUT2D eigenvalue weighted by molar-refractivity contribution is -0.117. The van der Waals surface area contributed by atoms with E-state index in [0.29, 0.717) is 23.2 Å². The molecule has 0 unspecified atom stereocenters. The first-order valence-corrected chi connectivity index (χ1v) is 9.12. The lowest BCUT2D eigenvalue weighted by atomic mass is 9.89. The number of amides is 1. The average Bonchev–Trinajstić information content (AvgIpc) is 3.10. The number of carbonyl (C=O) groups is 1. The number of benzene rings is 1. The van der Waals surface area contributed by atoms with Crippen molar-refractivity contribution >= 4 is 23.2 Å². The van der Waals surface area contributed by atoms with Crippen molar-refractivity contribution < 1.29 is 4.79 Å². The van der Waals surface area contributed by atoms with E-state index in [-0.39, 0.29) is 5.91 Å². The minimum absolute atomic E-state index is 0.0538. The van der Waals surface area contributed by atoms with Crippen molar-refractivity contribution in [3.05, 3.63) is 35.9 Å². The van der Waals surface area contributed by atoms with Crippen molar-refractivity contribution in [1.82, 2.24) is 19.7 Å². The van der Waals surface area contributed by atoms with E-state index in [1.165, 1.54) is 38.4 Å². The van der Waals surface area contributed by atoms with Gasteiger partial charge in [0.1, 0.15) is 12.7 Å². The third-order valence-electron chi connectivity index (χ3n) is 4.61. The molecule has 1 aromatic carbocycles. The SMILES string of the molecule is CN(CC(=O)Nc1cc(Cl)ccc1-n1cncn1)CC1CCCCC1. The second kappa shape index (κ2) is 8.45. The number of hydrogen-bond donors (Lipinski definition) is 1. The molecular formula is C18H24ClN5O. The van der Waals surface area contributed by atoms with Crippen LogP contribution in [0.4, 0.5) is 5.69 Å². The minimum Gasteiger partial charge on any atom is -0.323 e. The Bertz CT molecular complexity index is 697. The quantitative estimate of drug-likeness (QED) is 0.856. The zero-order valence-electron chi connectivity index (χ0n) is 14.5. The highest BCUT2D eigenvalue weighted by Crippen LogP contribution is 2.25. The van der Waals surface area contributed by atoms with Crippen LogP contribution in [0.3, 0.4) is 0 Å². The maximum Gasteiger partial charge on any atom is 0.238 e. The molecule has 1 heterocycles. The summed E-state index contributed by atoms with van der Waals surface area (Å²) in [5.41, 5.74) is 1.37.